The lowest BCUT2D eigenvalue weighted by atomic mass is 9.81. The Morgan fingerprint density at radius 3 is 1.94 bits per heavy atom. The van der Waals surface area contributed by atoms with Crippen molar-refractivity contribution in [3.8, 4) is 0 Å². The summed E-state index contributed by atoms with van der Waals surface area (Å²) >= 11 is 0. The lowest BCUT2D eigenvalue weighted by molar-refractivity contribution is -0.658. The highest BCUT2D eigenvalue weighted by molar-refractivity contribution is 6.53. The lowest BCUT2D eigenvalue weighted by Gasteiger charge is -2.51. The van der Waals surface area contributed by atoms with Crippen molar-refractivity contribution in [2.75, 3.05) is 39.5 Å². The highest BCUT2D eigenvalue weighted by Gasteiger charge is 2.42. The molecule has 0 aliphatic carbocycles. The first-order chi connectivity index (χ1) is 8.24. The van der Waals surface area contributed by atoms with E-state index in [0.717, 1.165) is 25.9 Å². The van der Waals surface area contributed by atoms with E-state index in [1.54, 1.807) is 0 Å². The van der Waals surface area contributed by atoms with Gasteiger partial charge in [0.2, 0.25) is 0 Å². The van der Waals surface area contributed by atoms with Gasteiger partial charge in [-0.05, 0) is 12.8 Å². The van der Waals surface area contributed by atoms with E-state index in [1.165, 1.54) is 0 Å². The van der Waals surface area contributed by atoms with Crippen LogP contribution < -0.4 is 5.32 Å². The Bertz CT molecular complexity index is 228. The van der Waals surface area contributed by atoms with Gasteiger partial charge < -0.3 is 23.9 Å². The first-order valence-electron chi connectivity index (χ1n) is 6.74. The minimum Gasteiger partial charge on any atom is -0.518 e. The summed E-state index contributed by atoms with van der Waals surface area (Å²) in [5.41, 5.74) is 0.133. The number of quaternary nitrogens is 1. The van der Waals surface area contributed by atoms with Crippen LogP contribution in [-0.2, 0) is 18.6 Å². The van der Waals surface area contributed by atoms with Crippen molar-refractivity contribution < 1.29 is 23.9 Å². The van der Waals surface area contributed by atoms with Gasteiger partial charge in [-0.1, -0.05) is 13.8 Å². The average molecular weight is 245 g/mol. The van der Waals surface area contributed by atoms with Crippen LogP contribution >= 0.6 is 0 Å². The maximum Gasteiger partial charge on any atom is 0.531 e. The third kappa shape index (κ3) is 3.00. The Labute approximate surface area is 103 Å². The van der Waals surface area contributed by atoms with Gasteiger partial charge in [-0.2, -0.15) is 0 Å². The number of nitrogens with two attached hydrogens (primary N) is 1. The zero-order valence-corrected chi connectivity index (χ0v) is 10.9. The monoisotopic (exact) mass is 245 g/mol. The van der Waals surface area contributed by atoms with Crippen molar-refractivity contribution in [3.05, 3.63) is 0 Å². The second kappa shape index (κ2) is 5.67. The molecule has 6 heteroatoms. The van der Waals surface area contributed by atoms with Crippen LogP contribution in [0.15, 0.2) is 0 Å². The zero-order valence-electron chi connectivity index (χ0n) is 10.9. The summed E-state index contributed by atoms with van der Waals surface area (Å²) in [4.78, 5) is 0. The van der Waals surface area contributed by atoms with E-state index in [2.05, 4.69) is 19.2 Å². The molecule has 0 aromatic carbocycles. The largest absolute Gasteiger partial charge is 0.531 e. The van der Waals surface area contributed by atoms with Gasteiger partial charge in [0.05, 0.1) is 26.3 Å². The zero-order chi connectivity index (χ0) is 12.2. The van der Waals surface area contributed by atoms with E-state index >= 15 is 0 Å². The minimum atomic E-state index is -1.94. The Morgan fingerprint density at radius 1 is 0.941 bits per heavy atom. The summed E-state index contributed by atoms with van der Waals surface area (Å²) in [6, 6.07) is 0. The highest BCUT2D eigenvalue weighted by Crippen LogP contribution is 2.34. The molecule has 0 aromatic rings. The van der Waals surface area contributed by atoms with E-state index in [4.69, 9.17) is 18.6 Å². The Hall–Kier alpha value is -0.135. The van der Waals surface area contributed by atoms with Crippen LogP contribution in [0, 0.1) is 5.41 Å². The Morgan fingerprint density at radius 2 is 1.47 bits per heavy atom. The standard InChI is InChI=1S/C11H23BNO4/c1-3-11(4-2)9-16-12(17-10-11)14-7-5-13-6-8-15-12/h13H,3-10H2,1-2H3/q-1/p+1. The molecule has 0 bridgehead atoms. The molecular weight excluding hydrogens is 221 g/mol. The topological polar surface area (TPSA) is 53.5 Å². The third-order valence-electron chi connectivity index (χ3n) is 3.98. The lowest BCUT2D eigenvalue weighted by Crippen LogP contribution is -2.87. The molecule has 17 heavy (non-hydrogen) atoms. The predicted octanol–water partition coefficient (Wildman–Crippen LogP) is -0.115. The van der Waals surface area contributed by atoms with Gasteiger partial charge in [0, 0.05) is 18.6 Å². The van der Waals surface area contributed by atoms with Gasteiger partial charge >= 0.3 is 6.96 Å². The van der Waals surface area contributed by atoms with Crippen LogP contribution in [-0.4, -0.2) is 46.5 Å². The average Bonchev–Trinajstić information content (AvgIpc) is 2.36. The van der Waals surface area contributed by atoms with Crippen LogP contribution in [0.2, 0.25) is 0 Å². The van der Waals surface area contributed by atoms with Crippen molar-refractivity contribution in [1.82, 2.24) is 0 Å². The van der Waals surface area contributed by atoms with Crippen molar-refractivity contribution in [2.45, 2.75) is 26.7 Å². The number of hydrogen-bond acceptors (Lipinski definition) is 4. The van der Waals surface area contributed by atoms with Gasteiger partial charge in [0.1, 0.15) is 0 Å². The van der Waals surface area contributed by atoms with E-state index in [9.17, 15) is 0 Å². The molecule has 2 heterocycles. The number of rotatable bonds is 2. The molecule has 0 radical (unpaired) electrons. The van der Waals surface area contributed by atoms with E-state index in [1.807, 2.05) is 0 Å². The molecule has 2 aliphatic heterocycles. The van der Waals surface area contributed by atoms with Crippen LogP contribution in [0.5, 0.6) is 0 Å². The predicted molar refractivity (Wildman–Crippen MR) is 64.2 cm³/mol. The van der Waals surface area contributed by atoms with Gasteiger partial charge in [-0.15, -0.1) is 0 Å². The normalized spacial score (nSPS) is 28.6. The molecule has 0 amide bonds. The summed E-state index contributed by atoms with van der Waals surface area (Å²) in [5.74, 6) is 0. The van der Waals surface area contributed by atoms with E-state index < -0.39 is 6.96 Å². The summed E-state index contributed by atoms with van der Waals surface area (Å²) in [5, 5.41) is 2.17. The fourth-order valence-corrected chi connectivity index (χ4v) is 2.28. The smallest absolute Gasteiger partial charge is 0.518 e. The molecule has 0 unspecified atom stereocenters. The fourth-order valence-electron chi connectivity index (χ4n) is 2.28. The maximum atomic E-state index is 5.82. The summed E-state index contributed by atoms with van der Waals surface area (Å²) < 4.78 is 23.0. The molecule has 2 aliphatic rings. The van der Waals surface area contributed by atoms with Crippen LogP contribution in [0.25, 0.3) is 0 Å². The first kappa shape index (κ1) is 13.3. The summed E-state index contributed by atoms with van der Waals surface area (Å²) in [6.07, 6.45) is 2.12. The molecule has 1 spiro atoms. The molecular formula is C11H24BNO4. The molecule has 2 saturated heterocycles. The molecule has 5 nitrogen and oxygen atoms in total. The second-order valence-corrected chi connectivity index (χ2v) is 5.01. The molecule has 2 rings (SSSR count). The maximum absolute atomic E-state index is 5.82. The summed E-state index contributed by atoms with van der Waals surface area (Å²) in [6.45, 7) is 6.86. The van der Waals surface area contributed by atoms with Gasteiger partial charge in [0.25, 0.3) is 0 Å². The third-order valence-corrected chi connectivity index (χ3v) is 3.98. The summed E-state index contributed by atoms with van der Waals surface area (Å²) in [7, 11) is 0. The van der Waals surface area contributed by atoms with Gasteiger partial charge in [-0.25, -0.2) is 0 Å². The Kier molecular flexibility index (Phi) is 4.44. The quantitative estimate of drug-likeness (QED) is 0.689. The minimum absolute atomic E-state index is 0.133. The SMILES string of the molecule is CCC1(CC)CO[B-]2(OCC[NH2+]CCO2)OC1. The molecule has 0 saturated carbocycles. The van der Waals surface area contributed by atoms with Gasteiger partial charge in [-0.3, -0.25) is 0 Å². The van der Waals surface area contributed by atoms with Crippen molar-refractivity contribution in [1.29, 1.82) is 0 Å². The molecule has 0 aromatic heterocycles. The van der Waals surface area contributed by atoms with E-state index in [0.29, 0.717) is 26.4 Å². The van der Waals surface area contributed by atoms with Gasteiger partial charge in [0.15, 0.2) is 0 Å². The second-order valence-electron chi connectivity index (χ2n) is 5.01. The van der Waals surface area contributed by atoms with Crippen LogP contribution in [0.3, 0.4) is 0 Å². The Balaban J connectivity index is 1.94. The first-order valence-corrected chi connectivity index (χ1v) is 6.74. The van der Waals surface area contributed by atoms with E-state index in [-0.39, 0.29) is 5.41 Å². The van der Waals surface area contributed by atoms with Crippen LogP contribution in [0.1, 0.15) is 26.7 Å². The molecule has 0 atom stereocenters. The highest BCUT2D eigenvalue weighted by atomic mass is 16.9. The van der Waals surface area contributed by atoms with Crippen molar-refractivity contribution in [2.24, 2.45) is 5.41 Å². The molecule has 100 valence electrons. The van der Waals surface area contributed by atoms with Crippen LogP contribution in [0.4, 0.5) is 0 Å². The molecule has 2 fully saturated rings. The van der Waals surface area contributed by atoms with Crippen molar-refractivity contribution >= 4 is 6.96 Å². The number of hydrogen-bond donors (Lipinski definition) is 1. The van der Waals surface area contributed by atoms with Crippen molar-refractivity contribution in [3.63, 3.8) is 0 Å². The molecule has 2 N–H and O–H groups in total. The fraction of sp³-hybridized carbons (Fsp3) is 1.00.